The zero-order valence-electron chi connectivity index (χ0n) is 17.7. The summed E-state index contributed by atoms with van der Waals surface area (Å²) in [6.07, 6.45) is 2.70. The molecule has 3 aliphatic rings. The molecule has 2 aromatic carbocycles. The van der Waals surface area contributed by atoms with Gasteiger partial charge in [0.05, 0.1) is 0 Å². The zero-order valence-corrected chi connectivity index (χ0v) is 18.4. The number of nitrogens with zero attached hydrogens (tertiary/aromatic N) is 1. The Balaban J connectivity index is 1.35. The molecule has 3 atom stereocenters. The maximum atomic E-state index is 12.1. The van der Waals surface area contributed by atoms with Gasteiger partial charge < -0.3 is 15.0 Å². The van der Waals surface area contributed by atoms with Crippen molar-refractivity contribution < 1.29 is 9.53 Å². The van der Waals surface area contributed by atoms with Gasteiger partial charge in [0.1, 0.15) is 6.10 Å². The van der Waals surface area contributed by atoms with E-state index in [1.807, 2.05) is 6.07 Å². The van der Waals surface area contributed by atoms with E-state index in [1.54, 1.807) is 14.0 Å². The van der Waals surface area contributed by atoms with Gasteiger partial charge in [0, 0.05) is 49.1 Å². The van der Waals surface area contributed by atoms with E-state index in [1.165, 1.54) is 22.3 Å². The number of benzene rings is 2. The summed E-state index contributed by atoms with van der Waals surface area (Å²) < 4.78 is 5.14. The highest BCUT2D eigenvalue weighted by Crippen LogP contribution is 2.60. The van der Waals surface area contributed by atoms with Crippen LogP contribution in [0.3, 0.4) is 0 Å². The van der Waals surface area contributed by atoms with Crippen LogP contribution in [0.2, 0.25) is 5.02 Å². The number of fused-ring (bicyclic) bond motifs is 8. The lowest BCUT2D eigenvalue weighted by molar-refractivity contribution is -0.131. The average Bonchev–Trinajstić information content (AvgIpc) is 3.26. The normalized spacial score (nSPS) is 26.3. The van der Waals surface area contributed by atoms with Crippen LogP contribution < -0.4 is 5.32 Å². The fourth-order valence-corrected chi connectivity index (χ4v) is 6.03. The summed E-state index contributed by atoms with van der Waals surface area (Å²) >= 11 is 6.43. The summed E-state index contributed by atoms with van der Waals surface area (Å²) in [5.74, 6) is 0.474. The number of hydrogen-bond acceptors (Lipinski definition) is 3. The molecule has 1 unspecified atom stereocenters. The van der Waals surface area contributed by atoms with Crippen LogP contribution in [0.15, 0.2) is 42.5 Å². The molecule has 1 saturated heterocycles. The van der Waals surface area contributed by atoms with Gasteiger partial charge in [-0.3, -0.25) is 4.79 Å². The second-order valence-corrected chi connectivity index (χ2v) is 9.53. The zero-order chi connectivity index (χ0) is 20.9. The topological polar surface area (TPSA) is 41.6 Å². The smallest absolute Gasteiger partial charge is 0.249 e. The van der Waals surface area contributed by atoms with E-state index >= 15 is 0 Å². The Morgan fingerprint density at radius 2 is 1.93 bits per heavy atom. The molecule has 158 valence electrons. The molecule has 5 heteroatoms. The van der Waals surface area contributed by atoms with Crippen LogP contribution in [-0.4, -0.2) is 49.7 Å². The van der Waals surface area contributed by atoms with Gasteiger partial charge in [-0.05, 0) is 60.6 Å². The number of ether oxygens (including phenoxy) is 1. The second-order valence-electron chi connectivity index (χ2n) is 9.09. The van der Waals surface area contributed by atoms with Gasteiger partial charge in [0.15, 0.2) is 0 Å². The SMILES string of the molecule is COC(C)C(=O)NC1CCN(C[C@@]23C[C@@H](c4ccccc42)c2ccc(Cl)cc23)CC1. The van der Waals surface area contributed by atoms with E-state index in [9.17, 15) is 4.79 Å². The minimum Gasteiger partial charge on any atom is -0.372 e. The van der Waals surface area contributed by atoms with E-state index < -0.39 is 6.10 Å². The largest absolute Gasteiger partial charge is 0.372 e. The van der Waals surface area contributed by atoms with Gasteiger partial charge in [-0.1, -0.05) is 41.9 Å². The van der Waals surface area contributed by atoms with Crippen molar-refractivity contribution in [2.45, 2.75) is 49.7 Å². The molecule has 0 radical (unpaired) electrons. The van der Waals surface area contributed by atoms with Gasteiger partial charge >= 0.3 is 0 Å². The van der Waals surface area contributed by atoms with Crippen LogP contribution in [0.4, 0.5) is 0 Å². The van der Waals surface area contributed by atoms with Crippen LogP contribution in [0.1, 0.15) is 54.4 Å². The highest BCUT2D eigenvalue weighted by Gasteiger charge is 2.53. The Labute approximate surface area is 183 Å². The number of carbonyl (C=O) groups excluding carboxylic acids is 1. The standard InChI is InChI=1S/C25H29ClN2O2/c1-16(30-2)24(29)27-18-9-11-28(12-10-18)15-25-14-21(19-5-3-4-6-22(19)25)20-8-7-17(26)13-23(20)25/h3-8,13,16,18,21H,9-12,14-15H2,1-2H3,(H,27,29)/t16?,21-,25-/m0/s1. The van der Waals surface area contributed by atoms with Crippen molar-refractivity contribution in [1.29, 1.82) is 0 Å². The van der Waals surface area contributed by atoms with Crippen molar-refractivity contribution in [2.75, 3.05) is 26.7 Å². The van der Waals surface area contributed by atoms with Gasteiger partial charge in [0.25, 0.3) is 0 Å². The Bertz CT molecular complexity index is 969. The van der Waals surface area contributed by atoms with Crippen LogP contribution in [-0.2, 0) is 14.9 Å². The maximum Gasteiger partial charge on any atom is 0.249 e. The molecule has 2 aromatic rings. The monoisotopic (exact) mass is 424 g/mol. The lowest BCUT2D eigenvalue weighted by atomic mass is 9.74. The van der Waals surface area contributed by atoms with Crippen molar-refractivity contribution >= 4 is 17.5 Å². The molecule has 2 bridgehead atoms. The Morgan fingerprint density at radius 1 is 1.20 bits per heavy atom. The molecule has 0 saturated carbocycles. The molecule has 2 aliphatic carbocycles. The summed E-state index contributed by atoms with van der Waals surface area (Å²) in [5.41, 5.74) is 5.87. The molecule has 4 nitrogen and oxygen atoms in total. The number of rotatable bonds is 5. The molecule has 1 fully saturated rings. The fourth-order valence-electron chi connectivity index (χ4n) is 5.86. The summed E-state index contributed by atoms with van der Waals surface area (Å²) in [4.78, 5) is 14.7. The van der Waals surface area contributed by atoms with Crippen LogP contribution >= 0.6 is 11.6 Å². The number of amides is 1. The third-order valence-corrected chi connectivity index (χ3v) is 7.70. The van der Waals surface area contributed by atoms with Crippen LogP contribution in [0.25, 0.3) is 0 Å². The summed E-state index contributed by atoms with van der Waals surface area (Å²) in [6.45, 7) is 4.80. The lowest BCUT2D eigenvalue weighted by Gasteiger charge is -2.40. The first-order valence-electron chi connectivity index (χ1n) is 11.0. The van der Waals surface area contributed by atoms with E-state index in [0.717, 1.165) is 43.9 Å². The summed E-state index contributed by atoms with van der Waals surface area (Å²) in [5, 5.41) is 3.97. The van der Waals surface area contributed by atoms with Gasteiger partial charge in [0.2, 0.25) is 5.91 Å². The average molecular weight is 425 g/mol. The second kappa shape index (κ2) is 7.67. The number of halogens is 1. The van der Waals surface area contributed by atoms with Gasteiger partial charge in [-0.15, -0.1) is 0 Å². The van der Waals surface area contributed by atoms with Crippen molar-refractivity contribution in [3.63, 3.8) is 0 Å². The molecule has 1 amide bonds. The number of methoxy groups -OCH3 is 1. The Morgan fingerprint density at radius 3 is 2.70 bits per heavy atom. The quantitative estimate of drug-likeness (QED) is 0.785. The predicted octanol–water partition coefficient (Wildman–Crippen LogP) is 4.09. The van der Waals surface area contributed by atoms with E-state index in [2.05, 4.69) is 46.6 Å². The summed E-state index contributed by atoms with van der Waals surface area (Å²) in [7, 11) is 1.57. The number of hydrogen-bond donors (Lipinski definition) is 1. The number of piperidine rings is 1. The van der Waals surface area contributed by atoms with Gasteiger partial charge in [-0.2, -0.15) is 0 Å². The van der Waals surface area contributed by atoms with Crippen molar-refractivity contribution in [2.24, 2.45) is 0 Å². The van der Waals surface area contributed by atoms with Crippen molar-refractivity contribution in [3.8, 4) is 0 Å². The molecule has 5 rings (SSSR count). The molecule has 0 spiro atoms. The minimum atomic E-state index is -0.395. The molecular formula is C25H29ClN2O2. The van der Waals surface area contributed by atoms with Crippen molar-refractivity contribution in [1.82, 2.24) is 10.2 Å². The first-order chi connectivity index (χ1) is 14.5. The third-order valence-electron chi connectivity index (χ3n) is 7.46. The van der Waals surface area contributed by atoms with E-state index in [4.69, 9.17) is 16.3 Å². The predicted molar refractivity (Wildman–Crippen MR) is 119 cm³/mol. The molecule has 30 heavy (non-hydrogen) atoms. The minimum absolute atomic E-state index is 0.0125. The third kappa shape index (κ3) is 3.17. The molecule has 1 aliphatic heterocycles. The molecule has 1 heterocycles. The van der Waals surface area contributed by atoms with E-state index in [-0.39, 0.29) is 17.4 Å². The Kier molecular flexibility index (Phi) is 5.12. The van der Waals surface area contributed by atoms with Crippen molar-refractivity contribution in [3.05, 3.63) is 69.7 Å². The lowest BCUT2D eigenvalue weighted by Crippen LogP contribution is -2.50. The Hall–Kier alpha value is -1.88. The van der Waals surface area contributed by atoms with E-state index in [0.29, 0.717) is 5.92 Å². The highest BCUT2D eigenvalue weighted by atomic mass is 35.5. The first kappa shape index (κ1) is 20.0. The molecular weight excluding hydrogens is 396 g/mol. The van der Waals surface area contributed by atoms with Crippen LogP contribution in [0, 0.1) is 0 Å². The fraction of sp³-hybridized carbons (Fsp3) is 0.480. The van der Waals surface area contributed by atoms with Crippen LogP contribution in [0.5, 0.6) is 0 Å². The number of carbonyl (C=O) groups is 1. The maximum absolute atomic E-state index is 12.1. The molecule has 1 N–H and O–H groups in total. The molecule has 0 aromatic heterocycles. The number of nitrogens with one attached hydrogen (secondary N) is 1. The van der Waals surface area contributed by atoms with Gasteiger partial charge in [-0.25, -0.2) is 0 Å². The first-order valence-corrected chi connectivity index (χ1v) is 11.3. The summed E-state index contributed by atoms with van der Waals surface area (Å²) in [6, 6.07) is 15.7. The highest BCUT2D eigenvalue weighted by molar-refractivity contribution is 6.30. The number of likely N-dealkylation sites (tertiary alicyclic amines) is 1.